The largest absolute Gasteiger partial charge is 0.453 e. The van der Waals surface area contributed by atoms with Gasteiger partial charge in [-0.25, -0.2) is 4.98 Å². The molecule has 0 aliphatic heterocycles. The van der Waals surface area contributed by atoms with Gasteiger partial charge in [-0.15, -0.1) is 11.3 Å². The average molecular weight is 425 g/mol. The Morgan fingerprint density at radius 2 is 1.77 bits per heavy atom. The number of carbonyl (C=O) groups excluding carboxylic acids is 2. The molecule has 2 aromatic carbocycles. The molecule has 0 radical (unpaired) electrons. The third-order valence-corrected chi connectivity index (χ3v) is 5.98. The summed E-state index contributed by atoms with van der Waals surface area (Å²) in [5.41, 5.74) is 2.23. The SMILES string of the molecule is C[C@H](CCc1ccccc1)NC(=O)[C@H](C)OC(=O)CCCc1nc2ccccc2s1. The van der Waals surface area contributed by atoms with Crippen molar-refractivity contribution in [2.75, 3.05) is 0 Å². The minimum Gasteiger partial charge on any atom is -0.453 e. The topological polar surface area (TPSA) is 68.3 Å². The van der Waals surface area contributed by atoms with Gasteiger partial charge >= 0.3 is 5.97 Å². The van der Waals surface area contributed by atoms with Crippen molar-refractivity contribution in [2.24, 2.45) is 0 Å². The normalized spacial score (nSPS) is 13.0. The molecule has 0 aliphatic carbocycles. The Balaban J connectivity index is 1.35. The van der Waals surface area contributed by atoms with E-state index in [2.05, 4.69) is 22.4 Å². The fraction of sp³-hybridized carbons (Fsp3) is 0.375. The van der Waals surface area contributed by atoms with Gasteiger partial charge in [0.2, 0.25) is 0 Å². The first-order valence-electron chi connectivity index (χ1n) is 10.4. The number of carbonyl (C=O) groups is 2. The van der Waals surface area contributed by atoms with Gasteiger partial charge in [0, 0.05) is 12.5 Å². The number of aromatic nitrogens is 1. The summed E-state index contributed by atoms with van der Waals surface area (Å²) < 4.78 is 6.46. The predicted octanol–water partition coefficient (Wildman–Crippen LogP) is 4.69. The second-order valence-corrected chi connectivity index (χ2v) is 8.61. The van der Waals surface area contributed by atoms with E-state index >= 15 is 0 Å². The van der Waals surface area contributed by atoms with Gasteiger partial charge in [-0.3, -0.25) is 9.59 Å². The van der Waals surface area contributed by atoms with E-state index in [-0.39, 0.29) is 24.3 Å². The third kappa shape index (κ3) is 6.66. The first kappa shape index (κ1) is 22.0. The molecular formula is C24H28N2O3S. The van der Waals surface area contributed by atoms with Crippen LogP contribution in [0, 0.1) is 0 Å². The van der Waals surface area contributed by atoms with Gasteiger partial charge in [0.1, 0.15) is 0 Å². The van der Waals surface area contributed by atoms with E-state index in [1.54, 1.807) is 18.3 Å². The maximum atomic E-state index is 12.3. The van der Waals surface area contributed by atoms with Crippen LogP contribution < -0.4 is 5.32 Å². The van der Waals surface area contributed by atoms with Crippen LogP contribution in [0.3, 0.4) is 0 Å². The lowest BCUT2D eigenvalue weighted by molar-refractivity contribution is -0.155. The van der Waals surface area contributed by atoms with Crippen molar-refractivity contribution < 1.29 is 14.3 Å². The molecule has 0 saturated heterocycles. The molecule has 0 fully saturated rings. The highest BCUT2D eigenvalue weighted by atomic mass is 32.1. The maximum Gasteiger partial charge on any atom is 0.306 e. The van der Waals surface area contributed by atoms with Gasteiger partial charge in [0.05, 0.1) is 15.2 Å². The first-order valence-corrected chi connectivity index (χ1v) is 11.2. The standard InChI is InChI=1S/C24H28N2O3S/c1-17(15-16-19-9-4-3-5-10-19)25-24(28)18(2)29-23(27)14-8-13-22-26-20-11-6-7-12-21(20)30-22/h3-7,9-12,17-18H,8,13-16H2,1-2H3,(H,25,28)/t17-,18+/m1/s1. The lowest BCUT2D eigenvalue weighted by Crippen LogP contribution is -2.41. The minimum atomic E-state index is -0.792. The van der Waals surface area contributed by atoms with E-state index in [1.165, 1.54) is 5.56 Å². The second-order valence-electron chi connectivity index (χ2n) is 7.49. The van der Waals surface area contributed by atoms with Crippen LogP contribution in [0.25, 0.3) is 10.2 Å². The number of hydrogen-bond acceptors (Lipinski definition) is 5. The highest BCUT2D eigenvalue weighted by Crippen LogP contribution is 2.22. The Kier molecular flexibility index (Phi) is 7.97. The summed E-state index contributed by atoms with van der Waals surface area (Å²) in [7, 11) is 0. The number of nitrogens with zero attached hydrogens (tertiary/aromatic N) is 1. The first-order chi connectivity index (χ1) is 14.5. The zero-order chi connectivity index (χ0) is 21.3. The van der Waals surface area contributed by atoms with Gasteiger partial charge in [0.25, 0.3) is 5.91 Å². The number of ether oxygens (including phenoxy) is 1. The molecule has 3 rings (SSSR count). The molecule has 158 valence electrons. The number of esters is 1. The van der Waals surface area contributed by atoms with E-state index in [1.807, 2.05) is 49.4 Å². The Labute approximate surface area is 181 Å². The Bertz CT molecular complexity index is 938. The van der Waals surface area contributed by atoms with Crippen LogP contribution in [0.2, 0.25) is 0 Å². The fourth-order valence-electron chi connectivity index (χ4n) is 3.18. The fourth-order valence-corrected chi connectivity index (χ4v) is 4.19. The molecule has 30 heavy (non-hydrogen) atoms. The summed E-state index contributed by atoms with van der Waals surface area (Å²) in [5.74, 6) is -0.606. The van der Waals surface area contributed by atoms with Gasteiger partial charge < -0.3 is 10.1 Å². The number of thiazole rings is 1. The van der Waals surface area contributed by atoms with Gasteiger partial charge in [-0.2, -0.15) is 0 Å². The van der Waals surface area contributed by atoms with Crippen molar-refractivity contribution >= 4 is 33.4 Å². The van der Waals surface area contributed by atoms with Crippen LogP contribution in [0.5, 0.6) is 0 Å². The molecule has 0 aliphatic rings. The van der Waals surface area contributed by atoms with E-state index in [0.29, 0.717) is 6.42 Å². The van der Waals surface area contributed by atoms with E-state index in [9.17, 15) is 9.59 Å². The molecule has 0 spiro atoms. The Morgan fingerprint density at radius 3 is 2.53 bits per heavy atom. The summed E-state index contributed by atoms with van der Waals surface area (Å²) in [5, 5.41) is 3.94. The molecule has 1 aromatic heterocycles. The molecule has 0 unspecified atom stereocenters. The van der Waals surface area contributed by atoms with Crippen LogP contribution in [-0.4, -0.2) is 29.0 Å². The van der Waals surface area contributed by atoms with E-state index < -0.39 is 6.10 Å². The number of nitrogens with one attached hydrogen (secondary N) is 1. The Hall–Kier alpha value is -2.73. The maximum absolute atomic E-state index is 12.3. The average Bonchev–Trinajstić information content (AvgIpc) is 3.15. The minimum absolute atomic E-state index is 0.0119. The molecule has 2 atom stereocenters. The number of hydrogen-bond donors (Lipinski definition) is 1. The van der Waals surface area contributed by atoms with Crippen molar-refractivity contribution in [1.82, 2.24) is 10.3 Å². The van der Waals surface area contributed by atoms with Crippen LogP contribution in [0.4, 0.5) is 0 Å². The molecule has 0 bridgehead atoms. The van der Waals surface area contributed by atoms with E-state index in [0.717, 1.165) is 34.5 Å². The number of amides is 1. The van der Waals surface area contributed by atoms with Gasteiger partial charge in [-0.05, 0) is 57.2 Å². The summed E-state index contributed by atoms with van der Waals surface area (Å²) in [4.78, 5) is 29.0. The zero-order valence-corrected chi connectivity index (χ0v) is 18.3. The number of aryl methyl sites for hydroxylation is 2. The van der Waals surface area contributed by atoms with Crippen molar-refractivity contribution in [3.63, 3.8) is 0 Å². The highest BCUT2D eigenvalue weighted by Gasteiger charge is 2.19. The van der Waals surface area contributed by atoms with Gasteiger partial charge in [0.15, 0.2) is 6.10 Å². The molecule has 1 amide bonds. The van der Waals surface area contributed by atoms with Crippen molar-refractivity contribution in [3.8, 4) is 0 Å². The lowest BCUT2D eigenvalue weighted by atomic mass is 10.1. The Morgan fingerprint density at radius 1 is 1.03 bits per heavy atom. The van der Waals surface area contributed by atoms with Crippen molar-refractivity contribution in [3.05, 3.63) is 65.2 Å². The highest BCUT2D eigenvalue weighted by molar-refractivity contribution is 7.18. The molecular weight excluding hydrogens is 396 g/mol. The van der Waals surface area contributed by atoms with Crippen molar-refractivity contribution in [2.45, 2.75) is 58.1 Å². The van der Waals surface area contributed by atoms with Crippen molar-refractivity contribution in [1.29, 1.82) is 0 Å². The molecule has 5 nitrogen and oxygen atoms in total. The summed E-state index contributed by atoms with van der Waals surface area (Å²) >= 11 is 1.65. The molecule has 6 heteroatoms. The predicted molar refractivity (Wildman–Crippen MR) is 120 cm³/mol. The third-order valence-electron chi connectivity index (χ3n) is 4.88. The van der Waals surface area contributed by atoms with Crippen LogP contribution >= 0.6 is 11.3 Å². The van der Waals surface area contributed by atoms with E-state index in [4.69, 9.17) is 4.74 Å². The smallest absolute Gasteiger partial charge is 0.306 e. The van der Waals surface area contributed by atoms with Crippen LogP contribution in [-0.2, 0) is 27.2 Å². The molecule has 3 aromatic rings. The molecule has 1 N–H and O–H groups in total. The number of benzene rings is 2. The summed E-state index contributed by atoms with van der Waals surface area (Å²) in [6, 6.07) is 18.2. The number of fused-ring (bicyclic) bond motifs is 1. The summed E-state index contributed by atoms with van der Waals surface area (Å²) in [6.07, 6.45) is 2.59. The monoisotopic (exact) mass is 424 g/mol. The zero-order valence-electron chi connectivity index (χ0n) is 17.5. The number of para-hydroxylation sites is 1. The van der Waals surface area contributed by atoms with Gasteiger partial charge in [-0.1, -0.05) is 42.5 Å². The molecule has 1 heterocycles. The number of rotatable bonds is 10. The second kappa shape index (κ2) is 10.9. The van der Waals surface area contributed by atoms with Crippen LogP contribution in [0.15, 0.2) is 54.6 Å². The molecule has 0 saturated carbocycles. The van der Waals surface area contributed by atoms with Crippen LogP contribution in [0.1, 0.15) is 43.7 Å². The summed E-state index contributed by atoms with van der Waals surface area (Å²) in [6.45, 7) is 3.58. The quantitative estimate of drug-likeness (QED) is 0.480. The lowest BCUT2D eigenvalue weighted by Gasteiger charge is -2.18.